The molecule has 8 nitrogen and oxygen atoms in total. The number of rotatable bonds is 5. The van der Waals surface area contributed by atoms with E-state index in [0.717, 1.165) is 12.1 Å². The fraction of sp³-hybridized carbons (Fsp3) is 0.533. The first-order valence-corrected chi connectivity index (χ1v) is 7.20. The normalized spacial score (nSPS) is 14.0. The van der Waals surface area contributed by atoms with Crippen LogP contribution in [0.4, 0.5) is 14.9 Å². The minimum Gasteiger partial charge on any atom is -0.444 e. The molecule has 0 aliphatic carbocycles. The van der Waals surface area contributed by atoms with Gasteiger partial charge in [0.05, 0.1) is 4.92 Å². The highest BCUT2D eigenvalue weighted by molar-refractivity contribution is 5.67. The van der Waals surface area contributed by atoms with Crippen LogP contribution in [0.25, 0.3) is 0 Å². The minimum absolute atomic E-state index is 0.0924. The van der Waals surface area contributed by atoms with Gasteiger partial charge >= 0.3 is 6.09 Å². The molecule has 9 heteroatoms. The molecule has 0 aliphatic heterocycles. The fourth-order valence-electron chi connectivity index (χ4n) is 1.92. The van der Waals surface area contributed by atoms with E-state index in [1.54, 1.807) is 20.8 Å². The van der Waals surface area contributed by atoms with E-state index >= 15 is 0 Å². The molecule has 3 N–H and O–H groups in total. The Hall–Kier alpha value is -2.26. The van der Waals surface area contributed by atoms with Gasteiger partial charge in [0, 0.05) is 23.7 Å². The summed E-state index contributed by atoms with van der Waals surface area (Å²) in [6.07, 6.45) is -4.14. The van der Waals surface area contributed by atoms with E-state index < -0.39 is 46.8 Å². The number of nitro groups is 1. The van der Waals surface area contributed by atoms with E-state index in [4.69, 9.17) is 4.74 Å². The summed E-state index contributed by atoms with van der Waals surface area (Å²) in [4.78, 5) is 21.7. The Bertz CT molecular complexity index is 629. The number of hydrogen-bond acceptors (Lipinski definition) is 6. The molecule has 0 bridgehead atoms. The van der Waals surface area contributed by atoms with E-state index in [2.05, 4.69) is 5.32 Å². The molecule has 0 saturated heterocycles. The quantitative estimate of drug-likeness (QED) is 0.554. The van der Waals surface area contributed by atoms with Crippen LogP contribution in [-0.4, -0.2) is 39.5 Å². The summed E-state index contributed by atoms with van der Waals surface area (Å²) >= 11 is 0. The first-order valence-electron chi connectivity index (χ1n) is 7.20. The maximum Gasteiger partial charge on any atom is 0.407 e. The van der Waals surface area contributed by atoms with Crippen molar-refractivity contribution in [1.82, 2.24) is 5.32 Å². The number of hydrogen-bond donors (Lipinski definition) is 3. The first-order chi connectivity index (χ1) is 10.9. The topological polar surface area (TPSA) is 122 Å². The van der Waals surface area contributed by atoms with Gasteiger partial charge in [-0.25, -0.2) is 9.18 Å². The summed E-state index contributed by atoms with van der Waals surface area (Å²) in [6.45, 7) is 5.89. The molecule has 0 radical (unpaired) electrons. The molecule has 0 fully saturated rings. The van der Waals surface area contributed by atoms with Crippen molar-refractivity contribution in [2.45, 2.75) is 45.5 Å². The molecule has 0 saturated carbocycles. The molecule has 0 spiro atoms. The van der Waals surface area contributed by atoms with Crippen molar-refractivity contribution in [2.24, 2.45) is 0 Å². The molecule has 0 aromatic heterocycles. The molecule has 134 valence electrons. The molecule has 1 aromatic rings. The zero-order chi connectivity index (χ0) is 18.7. The molecule has 1 aromatic carbocycles. The second kappa shape index (κ2) is 7.54. The fourth-order valence-corrected chi connectivity index (χ4v) is 1.92. The third-order valence-corrected chi connectivity index (χ3v) is 3.05. The Morgan fingerprint density at radius 1 is 1.42 bits per heavy atom. The molecule has 1 amide bonds. The highest BCUT2D eigenvalue weighted by Gasteiger charge is 2.26. The Labute approximate surface area is 138 Å². The molecule has 0 heterocycles. The molecule has 2 unspecified atom stereocenters. The second-order valence-corrected chi connectivity index (χ2v) is 6.31. The van der Waals surface area contributed by atoms with Crippen molar-refractivity contribution < 1.29 is 29.1 Å². The number of aliphatic hydroxyl groups is 2. The van der Waals surface area contributed by atoms with Crippen LogP contribution in [0.3, 0.4) is 0 Å². The van der Waals surface area contributed by atoms with Gasteiger partial charge in [-0.05, 0) is 33.8 Å². The zero-order valence-corrected chi connectivity index (χ0v) is 13.9. The number of nitrogens with one attached hydrogen (secondary N) is 1. The van der Waals surface area contributed by atoms with E-state index in [-0.39, 0.29) is 11.3 Å². The number of halogens is 1. The van der Waals surface area contributed by atoms with Gasteiger partial charge in [-0.15, -0.1) is 0 Å². The lowest BCUT2D eigenvalue weighted by atomic mass is 10.0. The van der Waals surface area contributed by atoms with Crippen molar-refractivity contribution in [2.75, 3.05) is 6.54 Å². The van der Waals surface area contributed by atoms with Crippen LogP contribution < -0.4 is 5.32 Å². The standard InChI is InChI=1S/C15H21FN2O6/c1-8-5-10(16)9(6-11(8)18(22)23)13(20)12(19)7-17-14(21)24-15(2,3)4/h5-6,12-13,19-20H,7H2,1-4H3,(H,17,21). The average molecular weight is 344 g/mol. The van der Waals surface area contributed by atoms with Crippen LogP contribution >= 0.6 is 0 Å². The number of nitrogens with zero attached hydrogens (tertiary/aromatic N) is 1. The third kappa shape index (κ3) is 5.43. The Kier molecular flexibility index (Phi) is 6.22. The van der Waals surface area contributed by atoms with Gasteiger partial charge in [-0.2, -0.15) is 0 Å². The summed E-state index contributed by atoms with van der Waals surface area (Å²) in [7, 11) is 0. The predicted octanol–water partition coefficient (Wildman–Crippen LogP) is 1.96. The van der Waals surface area contributed by atoms with E-state index in [1.807, 2.05) is 0 Å². The summed E-state index contributed by atoms with van der Waals surface area (Å²) in [6, 6.07) is 1.77. The third-order valence-electron chi connectivity index (χ3n) is 3.05. The molecule has 2 atom stereocenters. The van der Waals surface area contributed by atoms with E-state index in [0.29, 0.717) is 0 Å². The number of benzene rings is 1. The van der Waals surface area contributed by atoms with Crippen molar-refractivity contribution in [3.8, 4) is 0 Å². The number of alkyl carbamates (subject to hydrolysis) is 1. The van der Waals surface area contributed by atoms with Gasteiger partial charge in [-0.1, -0.05) is 0 Å². The average Bonchev–Trinajstić information content (AvgIpc) is 2.41. The summed E-state index contributed by atoms with van der Waals surface area (Å²) in [5.74, 6) is -0.887. The zero-order valence-electron chi connectivity index (χ0n) is 13.9. The van der Waals surface area contributed by atoms with Gasteiger partial charge in [-0.3, -0.25) is 10.1 Å². The van der Waals surface area contributed by atoms with Crippen molar-refractivity contribution in [3.05, 3.63) is 39.2 Å². The molecule has 0 aliphatic rings. The van der Waals surface area contributed by atoms with Crippen LogP contribution in [-0.2, 0) is 4.74 Å². The lowest BCUT2D eigenvalue weighted by molar-refractivity contribution is -0.385. The van der Waals surface area contributed by atoms with Crippen molar-refractivity contribution in [3.63, 3.8) is 0 Å². The number of aryl methyl sites for hydroxylation is 1. The number of ether oxygens (including phenoxy) is 1. The smallest absolute Gasteiger partial charge is 0.407 e. The van der Waals surface area contributed by atoms with Crippen molar-refractivity contribution >= 4 is 11.8 Å². The lowest BCUT2D eigenvalue weighted by Crippen LogP contribution is -2.39. The minimum atomic E-state index is -1.75. The van der Waals surface area contributed by atoms with Crippen LogP contribution in [0, 0.1) is 22.9 Å². The van der Waals surface area contributed by atoms with Crippen LogP contribution in [0.1, 0.15) is 38.0 Å². The Balaban J connectivity index is 2.82. The number of carbonyl (C=O) groups is 1. The maximum atomic E-state index is 13.9. The van der Waals surface area contributed by atoms with E-state index in [1.165, 1.54) is 6.92 Å². The summed E-state index contributed by atoms with van der Waals surface area (Å²) < 4.78 is 18.9. The number of nitro benzene ring substituents is 1. The monoisotopic (exact) mass is 344 g/mol. The predicted molar refractivity (Wildman–Crippen MR) is 83.0 cm³/mol. The summed E-state index contributed by atoms with van der Waals surface area (Å²) in [5.41, 5.74) is -1.45. The van der Waals surface area contributed by atoms with Gasteiger partial charge in [0.25, 0.3) is 5.69 Å². The van der Waals surface area contributed by atoms with Crippen LogP contribution in [0.2, 0.25) is 0 Å². The number of amides is 1. The molecular weight excluding hydrogens is 323 g/mol. The molecule has 1 rings (SSSR count). The SMILES string of the molecule is Cc1cc(F)c(C(O)C(O)CNC(=O)OC(C)(C)C)cc1[N+](=O)[O-]. The van der Waals surface area contributed by atoms with Crippen LogP contribution in [0.15, 0.2) is 12.1 Å². The van der Waals surface area contributed by atoms with E-state index in [9.17, 15) is 29.5 Å². The molecule has 24 heavy (non-hydrogen) atoms. The number of aliphatic hydroxyl groups excluding tert-OH is 2. The van der Waals surface area contributed by atoms with Crippen molar-refractivity contribution in [1.29, 1.82) is 0 Å². The highest BCUT2D eigenvalue weighted by atomic mass is 19.1. The lowest BCUT2D eigenvalue weighted by Gasteiger charge is -2.22. The Morgan fingerprint density at radius 3 is 2.50 bits per heavy atom. The largest absolute Gasteiger partial charge is 0.444 e. The second-order valence-electron chi connectivity index (χ2n) is 6.31. The Morgan fingerprint density at radius 2 is 2.00 bits per heavy atom. The first kappa shape index (κ1) is 19.8. The van der Waals surface area contributed by atoms with Gasteiger partial charge in [0.15, 0.2) is 0 Å². The highest BCUT2D eigenvalue weighted by Crippen LogP contribution is 2.28. The summed E-state index contributed by atoms with van der Waals surface area (Å²) in [5, 5.41) is 33.0. The van der Waals surface area contributed by atoms with Gasteiger partial charge in [0.2, 0.25) is 0 Å². The van der Waals surface area contributed by atoms with Gasteiger partial charge < -0.3 is 20.3 Å². The van der Waals surface area contributed by atoms with Crippen LogP contribution in [0.5, 0.6) is 0 Å². The number of carbonyl (C=O) groups excluding carboxylic acids is 1. The van der Waals surface area contributed by atoms with Gasteiger partial charge in [0.1, 0.15) is 23.6 Å². The maximum absolute atomic E-state index is 13.9. The molecular formula is C15H21FN2O6.